The molecule has 5 heteroatoms. The molecule has 0 bridgehead atoms. The molecule has 1 aromatic carbocycles. The molecule has 128 valence electrons. The lowest BCUT2D eigenvalue weighted by Crippen LogP contribution is -2.57. The Morgan fingerprint density at radius 2 is 1.92 bits per heavy atom. The molecule has 4 rings (SSSR count). The van der Waals surface area contributed by atoms with Gasteiger partial charge in [0.05, 0.1) is 25.8 Å². The van der Waals surface area contributed by atoms with Crippen molar-refractivity contribution in [2.45, 2.75) is 50.1 Å². The van der Waals surface area contributed by atoms with E-state index in [-0.39, 0.29) is 17.5 Å². The van der Waals surface area contributed by atoms with Gasteiger partial charge in [-0.3, -0.25) is 4.79 Å². The first-order chi connectivity index (χ1) is 11.7. The van der Waals surface area contributed by atoms with E-state index >= 15 is 0 Å². The third kappa shape index (κ3) is 1.87. The molecule has 1 aromatic rings. The molecule has 0 aromatic heterocycles. The van der Waals surface area contributed by atoms with Crippen LogP contribution in [0.1, 0.15) is 43.2 Å². The summed E-state index contributed by atoms with van der Waals surface area (Å²) < 4.78 is 11.0. The Balaban J connectivity index is 1.96. The molecule has 1 spiro atoms. The molecule has 0 radical (unpaired) electrons. The van der Waals surface area contributed by atoms with Gasteiger partial charge in [0.15, 0.2) is 11.5 Å². The molecule has 1 aliphatic carbocycles. The zero-order valence-corrected chi connectivity index (χ0v) is 14.2. The van der Waals surface area contributed by atoms with Gasteiger partial charge in [0.25, 0.3) is 0 Å². The van der Waals surface area contributed by atoms with Crippen molar-refractivity contribution in [3.05, 3.63) is 23.3 Å². The molecule has 1 saturated carbocycles. The molecule has 0 N–H and O–H groups in total. The third-order valence-corrected chi connectivity index (χ3v) is 6.15. The quantitative estimate of drug-likeness (QED) is 0.799. The second kappa shape index (κ2) is 5.50. The Hall–Kier alpha value is -2.04. The minimum absolute atomic E-state index is 0.124. The van der Waals surface area contributed by atoms with Crippen molar-refractivity contribution >= 4 is 12.2 Å². The maximum absolute atomic E-state index is 12.7. The van der Waals surface area contributed by atoms with Crippen LogP contribution in [0, 0.1) is 5.92 Å². The normalized spacial score (nSPS) is 31.1. The van der Waals surface area contributed by atoms with E-state index in [2.05, 4.69) is 0 Å². The van der Waals surface area contributed by atoms with Crippen LogP contribution in [0.25, 0.3) is 0 Å². The number of nitrogens with zero attached hydrogens (tertiary/aromatic N) is 1. The molecule has 24 heavy (non-hydrogen) atoms. The van der Waals surface area contributed by atoms with Gasteiger partial charge < -0.3 is 19.2 Å². The van der Waals surface area contributed by atoms with Crippen LogP contribution in [0.4, 0.5) is 0 Å². The molecule has 1 saturated heterocycles. The van der Waals surface area contributed by atoms with Gasteiger partial charge in [0.1, 0.15) is 6.29 Å². The van der Waals surface area contributed by atoms with Crippen LogP contribution >= 0.6 is 0 Å². The number of benzene rings is 1. The SMILES string of the molecule is COc1cc2c(cc1OC)[C@]13CCCC[C@H]1CC(=O)N3C(C=O)C2. The van der Waals surface area contributed by atoms with E-state index in [1.54, 1.807) is 14.2 Å². The lowest BCUT2D eigenvalue weighted by molar-refractivity contribution is -0.140. The number of fused-ring (bicyclic) bond motifs is 1. The summed E-state index contributed by atoms with van der Waals surface area (Å²) in [6.07, 6.45) is 6.26. The number of carbonyl (C=O) groups excluding carboxylic acids is 2. The zero-order chi connectivity index (χ0) is 16.9. The highest BCUT2D eigenvalue weighted by Crippen LogP contribution is 2.57. The Morgan fingerprint density at radius 1 is 1.17 bits per heavy atom. The summed E-state index contributed by atoms with van der Waals surface area (Å²) in [5.41, 5.74) is 1.94. The fraction of sp³-hybridized carbons (Fsp3) is 0.579. The van der Waals surface area contributed by atoms with E-state index in [0.29, 0.717) is 30.3 Å². The molecule has 1 unspecified atom stereocenters. The minimum atomic E-state index is -0.369. The van der Waals surface area contributed by atoms with Crippen molar-refractivity contribution < 1.29 is 19.1 Å². The fourth-order valence-electron chi connectivity index (χ4n) is 5.23. The summed E-state index contributed by atoms with van der Waals surface area (Å²) in [6, 6.07) is 3.66. The van der Waals surface area contributed by atoms with E-state index < -0.39 is 0 Å². The van der Waals surface area contributed by atoms with Gasteiger partial charge in [-0.15, -0.1) is 0 Å². The van der Waals surface area contributed by atoms with E-state index in [9.17, 15) is 9.59 Å². The van der Waals surface area contributed by atoms with E-state index in [0.717, 1.165) is 43.1 Å². The molecule has 3 aliphatic rings. The second-order valence-electron chi connectivity index (χ2n) is 7.11. The number of rotatable bonds is 3. The molecular weight excluding hydrogens is 306 g/mol. The lowest BCUT2D eigenvalue weighted by Gasteiger charge is -2.51. The first-order valence-electron chi connectivity index (χ1n) is 8.68. The monoisotopic (exact) mass is 329 g/mol. The van der Waals surface area contributed by atoms with Crippen LogP contribution in [-0.4, -0.2) is 37.4 Å². The average Bonchev–Trinajstić information content (AvgIpc) is 2.93. The van der Waals surface area contributed by atoms with Crippen LogP contribution in [0.2, 0.25) is 0 Å². The topological polar surface area (TPSA) is 55.8 Å². The number of carbonyl (C=O) groups is 2. The Bertz CT molecular complexity index is 701. The van der Waals surface area contributed by atoms with Crippen LogP contribution in [0.3, 0.4) is 0 Å². The van der Waals surface area contributed by atoms with Gasteiger partial charge in [-0.1, -0.05) is 12.8 Å². The van der Waals surface area contributed by atoms with Gasteiger partial charge >= 0.3 is 0 Å². The van der Waals surface area contributed by atoms with Crippen LogP contribution in [0.5, 0.6) is 11.5 Å². The van der Waals surface area contributed by atoms with Gasteiger partial charge in [-0.25, -0.2) is 0 Å². The van der Waals surface area contributed by atoms with E-state index in [4.69, 9.17) is 9.47 Å². The highest BCUT2D eigenvalue weighted by molar-refractivity contribution is 5.85. The van der Waals surface area contributed by atoms with Crippen LogP contribution < -0.4 is 9.47 Å². The summed E-state index contributed by atoms with van der Waals surface area (Å²) >= 11 is 0. The van der Waals surface area contributed by atoms with Crippen LogP contribution in [0.15, 0.2) is 12.1 Å². The molecule has 2 fully saturated rings. The average molecular weight is 329 g/mol. The number of amides is 1. The number of methoxy groups -OCH3 is 2. The summed E-state index contributed by atoms with van der Waals surface area (Å²) in [6.45, 7) is 0. The Kier molecular flexibility index (Phi) is 3.55. The largest absolute Gasteiger partial charge is 0.493 e. The Labute approximate surface area is 141 Å². The molecular formula is C19H23NO4. The van der Waals surface area contributed by atoms with Gasteiger partial charge in [0, 0.05) is 12.8 Å². The van der Waals surface area contributed by atoms with E-state index in [1.807, 2.05) is 17.0 Å². The minimum Gasteiger partial charge on any atom is -0.493 e. The van der Waals surface area contributed by atoms with Crippen LogP contribution in [-0.2, 0) is 21.5 Å². The standard InChI is InChI=1S/C19H23NO4/c1-23-16-8-12-7-14(11-21)20-18(22)9-13-5-3-4-6-19(13,20)15(12)10-17(16)24-2/h8,10-11,13-14H,3-7,9H2,1-2H3/t13-,14?,19-/m0/s1. The highest BCUT2D eigenvalue weighted by Gasteiger charge is 2.59. The second-order valence-corrected chi connectivity index (χ2v) is 7.11. The van der Waals surface area contributed by atoms with Crippen molar-refractivity contribution in [1.29, 1.82) is 0 Å². The smallest absolute Gasteiger partial charge is 0.224 e. The number of hydrogen-bond donors (Lipinski definition) is 0. The van der Waals surface area contributed by atoms with Crippen molar-refractivity contribution in [2.24, 2.45) is 5.92 Å². The van der Waals surface area contributed by atoms with Gasteiger partial charge in [-0.2, -0.15) is 0 Å². The summed E-state index contributed by atoms with van der Waals surface area (Å²) in [5, 5.41) is 0. The maximum Gasteiger partial charge on any atom is 0.224 e. The van der Waals surface area contributed by atoms with Crippen molar-refractivity contribution in [1.82, 2.24) is 4.90 Å². The predicted molar refractivity (Wildman–Crippen MR) is 88.2 cm³/mol. The number of aldehydes is 1. The van der Waals surface area contributed by atoms with Gasteiger partial charge in [0.2, 0.25) is 5.91 Å². The zero-order valence-electron chi connectivity index (χ0n) is 14.2. The maximum atomic E-state index is 12.7. The first kappa shape index (κ1) is 15.5. The molecule has 1 amide bonds. The third-order valence-electron chi connectivity index (χ3n) is 6.15. The van der Waals surface area contributed by atoms with Gasteiger partial charge in [-0.05, 0) is 42.0 Å². The molecule has 2 aliphatic heterocycles. The number of hydrogen-bond acceptors (Lipinski definition) is 4. The Morgan fingerprint density at radius 3 is 2.62 bits per heavy atom. The number of ether oxygens (including phenoxy) is 2. The van der Waals surface area contributed by atoms with Crippen molar-refractivity contribution in [3.63, 3.8) is 0 Å². The molecule has 3 atom stereocenters. The van der Waals surface area contributed by atoms with Crippen molar-refractivity contribution in [3.8, 4) is 11.5 Å². The van der Waals surface area contributed by atoms with E-state index in [1.165, 1.54) is 0 Å². The highest BCUT2D eigenvalue weighted by atomic mass is 16.5. The summed E-state index contributed by atoms with van der Waals surface area (Å²) in [4.78, 5) is 26.4. The molecule has 2 heterocycles. The molecule has 5 nitrogen and oxygen atoms in total. The van der Waals surface area contributed by atoms with Crippen molar-refractivity contribution in [2.75, 3.05) is 14.2 Å². The lowest BCUT2D eigenvalue weighted by atomic mass is 9.66. The fourth-order valence-corrected chi connectivity index (χ4v) is 5.23. The first-order valence-corrected chi connectivity index (χ1v) is 8.68. The summed E-state index contributed by atoms with van der Waals surface area (Å²) in [5.74, 6) is 1.79. The predicted octanol–water partition coefficient (Wildman–Crippen LogP) is 2.45. The summed E-state index contributed by atoms with van der Waals surface area (Å²) in [7, 11) is 3.26.